The molecule has 0 heterocycles. The van der Waals surface area contributed by atoms with Crippen LogP contribution in [0.15, 0.2) is 72.8 Å². The normalized spacial score (nSPS) is 12.4. The van der Waals surface area contributed by atoms with Gasteiger partial charge in [0.1, 0.15) is 12.4 Å². The van der Waals surface area contributed by atoms with Crippen LogP contribution in [-0.2, 0) is 18.9 Å². The lowest BCUT2D eigenvalue weighted by Gasteiger charge is -2.29. The molecule has 0 aliphatic heterocycles. The smallest absolute Gasteiger partial charge is 0.338 e. The topological polar surface area (TPSA) is 74.2 Å². The van der Waals surface area contributed by atoms with Crippen molar-refractivity contribution in [1.82, 2.24) is 0 Å². The number of ether oxygens (including phenoxy) is 4. The van der Waals surface area contributed by atoms with E-state index in [4.69, 9.17) is 18.9 Å². The molecule has 0 radical (unpaired) electrons. The van der Waals surface area contributed by atoms with Crippen molar-refractivity contribution >= 4 is 5.97 Å². The molecule has 0 saturated carbocycles. The third kappa shape index (κ3) is 6.42. The largest absolute Gasteiger partial charge is 0.508 e. The van der Waals surface area contributed by atoms with E-state index in [1.165, 1.54) is 0 Å². The summed E-state index contributed by atoms with van der Waals surface area (Å²) in [7, 11) is 4.66. The second-order valence-electron chi connectivity index (χ2n) is 7.91. The van der Waals surface area contributed by atoms with Gasteiger partial charge in [-0.05, 0) is 59.5 Å². The molecule has 0 amide bonds. The predicted octanol–water partition coefficient (Wildman–Crippen LogP) is 5.30. The van der Waals surface area contributed by atoms with Crippen LogP contribution in [0.1, 0.15) is 23.7 Å². The SMILES string of the molecule is COC(COC(=O)c1ccc(-c2cc(O)cc(-c3ccccc3)c2)cc1)CC(C)(OC)OC. The van der Waals surface area contributed by atoms with Gasteiger partial charge in [-0.1, -0.05) is 42.5 Å². The summed E-state index contributed by atoms with van der Waals surface area (Å²) in [6, 6.07) is 22.4. The average molecular weight is 451 g/mol. The van der Waals surface area contributed by atoms with Crippen molar-refractivity contribution in [3.8, 4) is 28.0 Å². The van der Waals surface area contributed by atoms with E-state index in [0.717, 1.165) is 22.3 Å². The molecule has 0 saturated heterocycles. The zero-order valence-electron chi connectivity index (χ0n) is 19.4. The van der Waals surface area contributed by atoms with E-state index >= 15 is 0 Å². The third-order valence-corrected chi connectivity index (χ3v) is 5.67. The maximum Gasteiger partial charge on any atom is 0.338 e. The van der Waals surface area contributed by atoms with Crippen LogP contribution in [0.4, 0.5) is 0 Å². The fraction of sp³-hybridized carbons (Fsp3) is 0.296. The van der Waals surface area contributed by atoms with Gasteiger partial charge in [-0.25, -0.2) is 4.79 Å². The molecular weight excluding hydrogens is 420 g/mol. The Balaban J connectivity index is 1.69. The Morgan fingerprint density at radius 1 is 0.848 bits per heavy atom. The lowest BCUT2D eigenvalue weighted by atomic mass is 9.98. The van der Waals surface area contributed by atoms with Gasteiger partial charge in [0, 0.05) is 27.8 Å². The number of aromatic hydroxyl groups is 1. The highest BCUT2D eigenvalue weighted by atomic mass is 16.7. The maximum absolute atomic E-state index is 12.5. The van der Waals surface area contributed by atoms with Crippen molar-refractivity contribution in [2.75, 3.05) is 27.9 Å². The number of hydrogen-bond acceptors (Lipinski definition) is 6. The van der Waals surface area contributed by atoms with Crippen LogP contribution in [0.2, 0.25) is 0 Å². The summed E-state index contributed by atoms with van der Waals surface area (Å²) in [6.07, 6.45) is 0.0334. The van der Waals surface area contributed by atoms with Crippen molar-refractivity contribution in [2.45, 2.75) is 25.2 Å². The molecule has 3 rings (SSSR count). The molecule has 174 valence electrons. The Labute approximate surface area is 194 Å². The fourth-order valence-corrected chi connectivity index (χ4v) is 3.50. The van der Waals surface area contributed by atoms with Gasteiger partial charge in [0.05, 0.1) is 11.7 Å². The number of carbonyl (C=O) groups is 1. The average Bonchev–Trinajstić information content (AvgIpc) is 2.86. The minimum atomic E-state index is -0.825. The Morgan fingerprint density at radius 2 is 1.42 bits per heavy atom. The van der Waals surface area contributed by atoms with Crippen LogP contribution in [0, 0.1) is 0 Å². The van der Waals surface area contributed by atoms with Crippen molar-refractivity contribution in [1.29, 1.82) is 0 Å². The zero-order valence-corrected chi connectivity index (χ0v) is 19.4. The molecule has 3 aromatic rings. The molecule has 0 bridgehead atoms. The van der Waals surface area contributed by atoms with E-state index in [2.05, 4.69) is 0 Å². The molecule has 1 unspecified atom stereocenters. The number of phenolic OH excluding ortho intramolecular Hbond substituents is 1. The second-order valence-corrected chi connectivity index (χ2v) is 7.91. The molecule has 3 aromatic carbocycles. The molecule has 1 N–H and O–H groups in total. The van der Waals surface area contributed by atoms with Crippen molar-refractivity contribution in [3.63, 3.8) is 0 Å². The quantitative estimate of drug-likeness (QED) is 0.334. The number of hydrogen-bond donors (Lipinski definition) is 1. The van der Waals surface area contributed by atoms with Crippen molar-refractivity contribution in [2.24, 2.45) is 0 Å². The summed E-state index contributed by atoms with van der Waals surface area (Å²) in [4.78, 5) is 12.5. The zero-order chi connectivity index (χ0) is 23.8. The molecule has 0 spiro atoms. The van der Waals surface area contributed by atoms with Gasteiger partial charge in [0.15, 0.2) is 5.79 Å². The Kier molecular flexibility index (Phi) is 8.22. The first-order valence-corrected chi connectivity index (χ1v) is 10.7. The molecule has 0 aliphatic rings. The third-order valence-electron chi connectivity index (χ3n) is 5.67. The first-order chi connectivity index (χ1) is 15.9. The highest BCUT2D eigenvalue weighted by Gasteiger charge is 2.28. The van der Waals surface area contributed by atoms with Crippen molar-refractivity contribution < 1.29 is 28.8 Å². The van der Waals surface area contributed by atoms with Crippen LogP contribution in [-0.4, -0.2) is 50.9 Å². The summed E-state index contributed by atoms with van der Waals surface area (Å²) in [5, 5.41) is 10.2. The molecule has 33 heavy (non-hydrogen) atoms. The van der Waals surface area contributed by atoms with Gasteiger partial charge in [0.2, 0.25) is 0 Å². The minimum absolute atomic E-state index is 0.0758. The summed E-state index contributed by atoms with van der Waals surface area (Å²) in [5.41, 5.74) is 4.09. The molecule has 1 atom stereocenters. The summed E-state index contributed by atoms with van der Waals surface area (Å²) in [5.74, 6) is -1.09. The summed E-state index contributed by atoms with van der Waals surface area (Å²) in [6.45, 7) is 1.87. The number of rotatable bonds is 10. The molecular formula is C27H30O6. The summed E-state index contributed by atoms with van der Waals surface area (Å²) >= 11 is 0. The van der Waals surface area contributed by atoms with Gasteiger partial charge in [0.25, 0.3) is 0 Å². The van der Waals surface area contributed by atoms with E-state index in [0.29, 0.717) is 12.0 Å². The second kappa shape index (κ2) is 11.1. The highest BCUT2D eigenvalue weighted by molar-refractivity contribution is 5.90. The molecule has 0 aliphatic carbocycles. The Bertz CT molecular complexity index is 1040. The van der Waals surface area contributed by atoms with Gasteiger partial charge in [-0.15, -0.1) is 0 Å². The number of esters is 1. The first kappa shape index (κ1) is 24.5. The predicted molar refractivity (Wildman–Crippen MR) is 127 cm³/mol. The number of phenols is 1. The lowest BCUT2D eigenvalue weighted by Crippen LogP contribution is -2.37. The van der Waals surface area contributed by atoms with E-state index in [9.17, 15) is 9.90 Å². The monoisotopic (exact) mass is 450 g/mol. The van der Waals surface area contributed by atoms with Crippen molar-refractivity contribution in [3.05, 3.63) is 78.4 Å². The molecule has 6 heteroatoms. The van der Waals surface area contributed by atoms with Gasteiger partial charge in [-0.3, -0.25) is 0 Å². The lowest BCUT2D eigenvalue weighted by molar-refractivity contribution is -0.213. The number of benzene rings is 3. The van der Waals surface area contributed by atoms with E-state index in [1.54, 1.807) is 52.5 Å². The fourth-order valence-electron chi connectivity index (χ4n) is 3.50. The Morgan fingerprint density at radius 3 is 1.97 bits per heavy atom. The first-order valence-electron chi connectivity index (χ1n) is 10.7. The van der Waals surface area contributed by atoms with Gasteiger partial charge >= 0.3 is 5.97 Å². The highest BCUT2D eigenvalue weighted by Crippen LogP contribution is 2.31. The van der Waals surface area contributed by atoms with E-state index < -0.39 is 11.8 Å². The van der Waals surface area contributed by atoms with E-state index in [1.807, 2.05) is 48.5 Å². The van der Waals surface area contributed by atoms with E-state index in [-0.39, 0.29) is 18.5 Å². The minimum Gasteiger partial charge on any atom is -0.508 e. The van der Waals surface area contributed by atoms with Crippen LogP contribution < -0.4 is 0 Å². The van der Waals surface area contributed by atoms with Crippen LogP contribution >= 0.6 is 0 Å². The number of methoxy groups -OCH3 is 3. The van der Waals surface area contributed by atoms with Crippen LogP contribution in [0.3, 0.4) is 0 Å². The summed E-state index contributed by atoms with van der Waals surface area (Å²) < 4.78 is 21.6. The molecule has 0 aromatic heterocycles. The Hall–Kier alpha value is -3.19. The molecule has 6 nitrogen and oxygen atoms in total. The molecule has 0 fully saturated rings. The van der Waals surface area contributed by atoms with Crippen LogP contribution in [0.5, 0.6) is 5.75 Å². The maximum atomic E-state index is 12.5. The van der Waals surface area contributed by atoms with Gasteiger partial charge in [-0.2, -0.15) is 0 Å². The standard InChI is InChI=1S/C27H30O6/c1-27(31-3,32-4)17-25(30-2)18-33-26(29)21-12-10-20(11-13-21)23-14-22(15-24(28)16-23)19-8-6-5-7-9-19/h5-16,25,28H,17-18H2,1-4H3. The van der Waals surface area contributed by atoms with Gasteiger partial charge < -0.3 is 24.1 Å². The number of carbonyl (C=O) groups excluding carboxylic acids is 1. The van der Waals surface area contributed by atoms with Crippen LogP contribution in [0.25, 0.3) is 22.3 Å².